The third-order valence-corrected chi connectivity index (χ3v) is 27.6. The van der Waals surface area contributed by atoms with Crippen molar-refractivity contribution in [3.63, 3.8) is 0 Å². The first-order valence-electron chi connectivity index (χ1n) is 46.6. The number of hydrogen-bond acceptors (Lipinski definition) is 9. The highest BCUT2D eigenvalue weighted by Gasteiger charge is 2.37. The van der Waals surface area contributed by atoms with Crippen molar-refractivity contribution in [2.24, 2.45) is 23.7 Å². The van der Waals surface area contributed by atoms with Gasteiger partial charge in [0.1, 0.15) is 23.3 Å². The number of rotatable bonds is 24. The van der Waals surface area contributed by atoms with Crippen LogP contribution in [0.15, 0.2) is 237 Å². The molecule has 0 saturated carbocycles. The van der Waals surface area contributed by atoms with Crippen LogP contribution in [0.25, 0.3) is 88.4 Å². The second-order valence-electron chi connectivity index (χ2n) is 37.2. The predicted molar refractivity (Wildman–Crippen MR) is 516 cm³/mol. The van der Waals surface area contributed by atoms with Gasteiger partial charge in [0.05, 0.1) is 18.6 Å². The standard InChI is InChI=1S/3C27H29FN4O.C27H31N5O/c1-18-11-21(17-32(18)27(33)10-5-20-3-7-25(28)8-4-20)16-31-19(2)12-23-13-22(6-9-26(23)31)24-14-29-30-15-24;1-18-10-21(17-32(18)27(33)9-6-20-4-3-5-25(28)12-20)16-31-19(2)11-23-13-22(7-8-26(23)31)24-14-29-30-15-24;1-18-11-20(17-32(18)27(33)10-8-21-5-3-4-6-25(21)28)16-31-19(2)12-23-13-22(7-9-26(23)31)24-14-29-30-15-24;1-18-13-22(17-32(18)26(33)12-9-21-7-5-4-6-8-21)16-31-19(2)14-24-15-23(10-11-25(24)31)27-28-20(3)29-30-27/h3-4,6-9,12-15,18,21H,5,10-11,16-17H2,1-2H3,(H,29,30);3-5,7-8,11-15,18,21H,6,9-10,16-17H2,1-2H3,(H,29,30);3-7,9,12-15,18,20H,8,10-11,16-17H2,1-2H3,(H,29,30);4-8,10-11,14-15,18,22H,9,12-13,16-17H2,1-3H3,(H,28,29,30). The molecule has 12 heterocycles. The van der Waals surface area contributed by atoms with Crippen molar-refractivity contribution in [3.8, 4) is 44.8 Å². The first-order chi connectivity index (χ1) is 63.9. The summed E-state index contributed by atoms with van der Waals surface area (Å²) in [5.74, 6) is 3.27. The van der Waals surface area contributed by atoms with Crippen molar-refractivity contribution in [2.45, 2.75) is 190 Å². The van der Waals surface area contributed by atoms with E-state index in [9.17, 15) is 32.3 Å². The molecule has 24 heteroatoms. The highest BCUT2D eigenvalue weighted by atomic mass is 19.1. The summed E-state index contributed by atoms with van der Waals surface area (Å²) in [5.41, 5.74) is 21.3. The SMILES string of the molecule is Cc1cc2cc(-c3cn[nH]c3)ccc2n1CC1CC(C)N(C(=O)CCc2ccc(F)cc2)C1.Cc1cc2cc(-c3cn[nH]c3)ccc2n1CC1CC(C)N(C(=O)CCc2cccc(F)c2)C1.Cc1cc2cc(-c3cn[nH]c3)ccc2n1CC1CC(C)N(C(=O)CCc2ccccc2F)C1.Cc1nc(-c2ccc3c(c2)cc(C)n3CC2CC(C)N(C(=O)CCc3ccccc3)C2)n[nH]1. The predicted octanol–water partition coefficient (Wildman–Crippen LogP) is 21.0. The Morgan fingerprint density at radius 2 is 0.697 bits per heavy atom. The molecule has 8 aromatic heterocycles. The van der Waals surface area contributed by atoms with Crippen LogP contribution in [0.3, 0.4) is 0 Å². The Balaban J connectivity index is 0.000000123. The largest absolute Gasteiger partial charge is 0.345 e. The summed E-state index contributed by atoms with van der Waals surface area (Å²) in [5, 5.41) is 32.9. The first kappa shape index (κ1) is 90.3. The van der Waals surface area contributed by atoms with Crippen molar-refractivity contribution in [2.75, 3.05) is 26.2 Å². The molecule has 0 bridgehead atoms. The average molecular weight is 1780 g/mol. The molecular formula is C108H118F3N17O4. The lowest BCUT2D eigenvalue weighted by molar-refractivity contribution is -0.132. The molecule has 132 heavy (non-hydrogen) atoms. The Morgan fingerprint density at radius 3 is 1.06 bits per heavy atom. The lowest BCUT2D eigenvalue weighted by atomic mass is 10.1. The zero-order valence-electron chi connectivity index (χ0n) is 76.9. The molecule has 0 aliphatic carbocycles. The average Bonchev–Trinajstić information content (AvgIpc) is 1.66. The molecular weight excluding hydrogens is 1660 g/mol. The van der Waals surface area contributed by atoms with E-state index in [0.29, 0.717) is 80.2 Å². The second-order valence-corrected chi connectivity index (χ2v) is 37.2. The number of aromatic amines is 4. The fourth-order valence-electron chi connectivity index (χ4n) is 20.8. The number of fused-ring (bicyclic) bond motifs is 4. The summed E-state index contributed by atoms with van der Waals surface area (Å²) >= 11 is 0. The maximum Gasteiger partial charge on any atom is 0.223 e. The van der Waals surface area contributed by atoms with Crippen LogP contribution in [-0.2, 0) is 71.0 Å². The number of carbonyl (C=O) groups excluding carboxylic acids is 4. The van der Waals surface area contributed by atoms with Crippen LogP contribution in [0.1, 0.15) is 130 Å². The number of H-pyrrole nitrogens is 4. The second kappa shape index (κ2) is 40.4. The smallest absolute Gasteiger partial charge is 0.223 e. The molecule has 16 aromatic rings. The Labute approximate surface area is 768 Å². The zero-order chi connectivity index (χ0) is 91.8. The number of aromatic nitrogens is 13. The number of hydrogen-bond donors (Lipinski definition) is 4. The molecule has 4 fully saturated rings. The summed E-state index contributed by atoms with van der Waals surface area (Å²) in [6.07, 6.45) is 19.6. The van der Waals surface area contributed by atoms with Gasteiger partial charge in [0.15, 0.2) is 5.82 Å². The van der Waals surface area contributed by atoms with Crippen LogP contribution in [0.2, 0.25) is 0 Å². The van der Waals surface area contributed by atoms with Gasteiger partial charge in [-0.3, -0.25) is 39.6 Å². The molecule has 21 nitrogen and oxygen atoms in total. The number of nitrogens with one attached hydrogen (secondary N) is 4. The quantitative estimate of drug-likeness (QED) is 0.0450. The van der Waals surface area contributed by atoms with Gasteiger partial charge in [-0.2, -0.15) is 20.4 Å². The summed E-state index contributed by atoms with van der Waals surface area (Å²) in [6, 6.07) is 65.9. The molecule has 680 valence electrons. The molecule has 8 aromatic carbocycles. The molecule has 4 aliphatic rings. The molecule has 20 rings (SSSR count). The summed E-state index contributed by atoms with van der Waals surface area (Å²) in [7, 11) is 0. The van der Waals surface area contributed by atoms with Crippen molar-refractivity contribution in [1.29, 1.82) is 0 Å². The first-order valence-corrected chi connectivity index (χ1v) is 46.6. The van der Waals surface area contributed by atoms with E-state index < -0.39 is 0 Å². The number of carbonyl (C=O) groups is 4. The number of likely N-dealkylation sites (tertiary alicyclic amines) is 4. The summed E-state index contributed by atoms with van der Waals surface area (Å²) in [4.78, 5) is 64.3. The highest BCUT2D eigenvalue weighted by molar-refractivity contribution is 5.90. The van der Waals surface area contributed by atoms with Crippen LogP contribution in [0, 0.1) is 75.7 Å². The van der Waals surface area contributed by atoms with E-state index in [1.807, 2.05) is 89.1 Å². The van der Waals surface area contributed by atoms with Gasteiger partial charge >= 0.3 is 0 Å². The summed E-state index contributed by atoms with van der Waals surface area (Å²) in [6.45, 7) is 25.9. The highest BCUT2D eigenvalue weighted by Crippen LogP contribution is 2.38. The van der Waals surface area contributed by atoms with Gasteiger partial charge in [-0.25, -0.2) is 18.2 Å². The minimum atomic E-state index is -0.249. The Hall–Kier alpha value is -13.6. The molecule has 0 spiro atoms. The van der Waals surface area contributed by atoms with Crippen LogP contribution in [0.4, 0.5) is 13.2 Å². The number of amides is 4. The van der Waals surface area contributed by atoms with Gasteiger partial charge in [-0.05, 0) is 285 Å². The van der Waals surface area contributed by atoms with E-state index in [4.69, 9.17) is 0 Å². The van der Waals surface area contributed by atoms with Gasteiger partial charge in [-0.1, -0.05) is 91.0 Å². The maximum atomic E-state index is 13.9. The Bertz CT molecular complexity index is 6680. The van der Waals surface area contributed by atoms with Crippen LogP contribution >= 0.6 is 0 Å². The van der Waals surface area contributed by atoms with Gasteiger partial charge in [0, 0.05) is 209 Å². The van der Waals surface area contributed by atoms with E-state index >= 15 is 0 Å². The van der Waals surface area contributed by atoms with E-state index in [0.717, 1.165) is 146 Å². The molecule has 4 amide bonds. The van der Waals surface area contributed by atoms with Crippen molar-refractivity contribution < 1.29 is 32.3 Å². The monoisotopic (exact) mass is 1770 g/mol. The van der Waals surface area contributed by atoms with Crippen molar-refractivity contribution >= 4 is 67.2 Å². The lowest BCUT2D eigenvalue weighted by Gasteiger charge is -2.22. The third-order valence-electron chi connectivity index (χ3n) is 27.6. The fourth-order valence-corrected chi connectivity index (χ4v) is 20.8. The fraction of sp³-hybridized carbons (Fsp3) is 0.343. The van der Waals surface area contributed by atoms with Gasteiger partial charge in [0.2, 0.25) is 23.6 Å². The van der Waals surface area contributed by atoms with Crippen LogP contribution in [-0.4, -0.2) is 158 Å². The maximum absolute atomic E-state index is 13.9. The van der Waals surface area contributed by atoms with Crippen molar-refractivity contribution in [1.82, 2.24) is 83.6 Å². The molecule has 0 radical (unpaired) electrons. The minimum absolute atomic E-state index is 0.118. The van der Waals surface area contributed by atoms with E-state index in [1.165, 1.54) is 102 Å². The molecule has 8 atom stereocenters. The third kappa shape index (κ3) is 21.0. The van der Waals surface area contributed by atoms with E-state index in [-0.39, 0.29) is 59.2 Å². The molecule has 4 N–H and O–H groups in total. The van der Waals surface area contributed by atoms with E-state index in [1.54, 1.807) is 30.3 Å². The zero-order valence-corrected chi connectivity index (χ0v) is 76.9. The minimum Gasteiger partial charge on any atom is -0.345 e. The number of benzene rings is 8. The van der Waals surface area contributed by atoms with Crippen LogP contribution < -0.4 is 0 Å². The molecule has 4 aliphatic heterocycles. The van der Waals surface area contributed by atoms with Crippen molar-refractivity contribution in [3.05, 3.63) is 306 Å². The summed E-state index contributed by atoms with van der Waals surface area (Å²) < 4.78 is 50.0. The normalized spacial score (nSPS) is 18.3. The van der Waals surface area contributed by atoms with Gasteiger partial charge in [-0.15, -0.1) is 0 Å². The van der Waals surface area contributed by atoms with Gasteiger partial charge < -0.3 is 37.9 Å². The Kier molecular flexibility index (Phi) is 27.6. The lowest BCUT2D eigenvalue weighted by Crippen LogP contribution is -2.34. The number of halogens is 3. The van der Waals surface area contributed by atoms with Gasteiger partial charge in [0.25, 0.3) is 0 Å². The molecule has 8 unspecified atom stereocenters. The van der Waals surface area contributed by atoms with Crippen LogP contribution in [0.5, 0.6) is 0 Å². The topological polar surface area (TPSA) is 229 Å². The molecule has 4 saturated heterocycles. The Morgan fingerprint density at radius 1 is 0.348 bits per heavy atom. The number of nitrogens with zero attached hydrogens (tertiary/aromatic N) is 13. The number of aryl methyl sites for hydroxylation is 9. The van der Waals surface area contributed by atoms with E-state index in [2.05, 4.69) is 234 Å².